The normalized spacial score (nSPS) is 23.6. The minimum absolute atomic E-state index is 0.545. The summed E-state index contributed by atoms with van der Waals surface area (Å²) in [5, 5.41) is 9.99. The molecule has 1 fully saturated rings. The van der Waals surface area contributed by atoms with Gasteiger partial charge in [-0.25, -0.2) is 21.6 Å². The van der Waals surface area contributed by atoms with Crippen LogP contribution in [0.25, 0.3) is 0 Å². The van der Waals surface area contributed by atoms with Crippen molar-refractivity contribution in [2.24, 2.45) is 5.92 Å². The van der Waals surface area contributed by atoms with Gasteiger partial charge in [-0.05, 0) is 11.4 Å². The number of carboxylic acids is 1. The van der Waals surface area contributed by atoms with E-state index in [1.165, 1.54) is 5.38 Å². The highest BCUT2D eigenvalue weighted by Crippen LogP contribution is 2.36. The topological polar surface area (TPSA) is 74.7 Å². The van der Waals surface area contributed by atoms with Crippen molar-refractivity contribution >= 4 is 27.3 Å². The van der Waals surface area contributed by atoms with Crippen LogP contribution in [0.3, 0.4) is 0 Å². The molecular weight excluding hydrogens is 319 g/mol. The second kappa shape index (κ2) is 5.01. The Morgan fingerprint density at radius 3 is 2.65 bits per heavy atom. The third kappa shape index (κ3) is 2.54. The Kier molecular flexibility index (Phi) is 3.82. The number of halogens is 3. The van der Waals surface area contributed by atoms with Crippen LogP contribution in [0.4, 0.5) is 13.2 Å². The first-order valence-corrected chi connectivity index (χ1v) is 7.82. The molecule has 0 bridgehead atoms. The molecule has 0 amide bonds. The maximum Gasteiger partial charge on any atom is 0.313 e. The molecule has 112 valence electrons. The van der Waals surface area contributed by atoms with E-state index in [9.17, 15) is 26.4 Å². The number of carboxylic acid groups (broad SMARTS) is 1. The van der Waals surface area contributed by atoms with Gasteiger partial charge in [0.2, 0.25) is 0 Å². The zero-order chi connectivity index (χ0) is 15.1. The molecule has 1 aromatic rings. The fourth-order valence-electron chi connectivity index (χ4n) is 1.93. The maximum atomic E-state index is 13.4. The largest absolute Gasteiger partial charge is 0.481 e. The molecule has 2 heterocycles. The number of hydrogen-bond acceptors (Lipinski definition) is 4. The zero-order valence-electron chi connectivity index (χ0n) is 9.92. The SMILES string of the molecule is O=C(O)C1CN(S(=O)(=O)c2sccc2F)CCC1(F)F. The highest BCUT2D eigenvalue weighted by Gasteiger charge is 2.51. The fourth-order valence-corrected chi connectivity index (χ4v) is 4.62. The predicted octanol–water partition coefficient (Wildman–Crippen LogP) is 1.62. The molecule has 10 heteroatoms. The van der Waals surface area contributed by atoms with Crippen molar-refractivity contribution < 1.29 is 31.5 Å². The van der Waals surface area contributed by atoms with Crippen LogP contribution in [0.2, 0.25) is 0 Å². The minimum Gasteiger partial charge on any atom is -0.481 e. The predicted molar refractivity (Wildman–Crippen MR) is 63.7 cm³/mol. The molecule has 0 radical (unpaired) electrons. The van der Waals surface area contributed by atoms with Crippen LogP contribution in [0, 0.1) is 11.7 Å². The van der Waals surface area contributed by atoms with E-state index in [1.54, 1.807) is 0 Å². The summed E-state index contributed by atoms with van der Waals surface area (Å²) in [6.45, 7) is -1.42. The zero-order valence-corrected chi connectivity index (χ0v) is 11.6. The van der Waals surface area contributed by atoms with E-state index in [1.807, 2.05) is 0 Å². The minimum atomic E-state index is -4.29. The quantitative estimate of drug-likeness (QED) is 0.914. The summed E-state index contributed by atoms with van der Waals surface area (Å²) in [5.74, 6) is -8.36. The van der Waals surface area contributed by atoms with Crippen molar-refractivity contribution in [1.29, 1.82) is 0 Å². The van der Waals surface area contributed by atoms with E-state index < -0.39 is 57.4 Å². The number of alkyl halides is 2. The van der Waals surface area contributed by atoms with Gasteiger partial charge in [0.15, 0.2) is 10.0 Å². The number of piperidine rings is 1. The van der Waals surface area contributed by atoms with Crippen LogP contribution >= 0.6 is 11.3 Å². The molecule has 1 aliphatic rings. The lowest BCUT2D eigenvalue weighted by Gasteiger charge is -2.35. The molecule has 1 unspecified atom stereocenters. The van der Waals surface area contributed by atoms with Gasteiger partial charge in [-0.2, -0.15) is 4.31 Å². The summed E-state index contributed by atoms with van der Waals surface area (Å²) in [6.07, 6.45) is -0.907. The monoisotopic (exact) mass is 329 g/mol. The lowest BCUT2D eigenvalue weighted by Crippen LogP contribution is -2.52. The molecule has 1 aromatic heterocycles. The number of aliphatic carboxylic acids is 1. The van der Waals surface area contributed by atoms with Gasteiger partial charge in [0.25, 0.3) is 15.9 Å². The molecule has 2 rings (SSSR count). The van der Waals surface area contributed by atoms with E-state index >= 15 is 0 Å². The van der Waals surface area contributed by atoms with E-state index in [4.69, 9.17) is 5.11 Å². The number of carbonyl (C=O) groups is 1. The van der Waals surface area contributed by atoms with Gasteiger partial charge in [0.05, 0.1) is 0 Å². The molecule has 1 atom stereocenters. The van der Waals surface area contributed by atoms with E-state index in [0.717, 1.165) is 6.07 Å². The van der Waals surface area contributed by atoms with E-state index in [0.29, 0.717) is 15.6 Å². The second-order valence-corrected chi connectivity index (χ2v) is 7.37. The molecule has 1 aliphatic heterocycles. The first-order valence-electron chi connectivity index (χ1n) is 5.50. The third-order valence-corrected chi connectivity index (χ3v) is 6.32. The molecule has 0 spiro atoms. The van der Waals surface area contributed by atoms with Gasteiger partial charge in [0, 0.05) is 19.5 Å². The second-order valence-electron chi connectivity index (χ2n) is 4.32. The highest BCUT2D eigenvalue weighted by molar-refractivity contribution is 7.91. The average Bonchev–Trinajstić information content (AvgIpc) is 2.74. The Morgan fingerprint density at radius 2 is 2.15 bits per heavy atom. The van der Waals surface area contributed by atoms with Crippen molar-refractivity contribution in [3.8, 4) is 0 Å². The maximum absolute atomic E-state index is 13.4. The van der Waals surface area contributed by atoms with Gasteiger partial charge in [-0.15, -0.1) is 11.3 Å². The number of hydrogen-bond donors (Lipinski definition) is 1. The fraction of sp³-hybridized carbons (Fsp3) is 0.500. The van der Waals surface area contributed by atoms with E-state index in [-0.39, 0.29) is 0 Å². The summed E-state index contributed by atoms with van der Waals surface area (Å²) in [4.78, 5) is 10.8. The summed E-state index contributed by atoms with van der Waals surface area (Å²) in [6, 6.07) is 0.949. The number of thiophene rings is 1. The van der Waals surface area contributed by atoms with Crippen LogP contribution < -0.4 is 0 Å². The molecule has 20 heavy (non-hydrogen) atoms. The average molecular weight is 329 g/mol. The number of sulfonamides is 1. The molecule has 1 saturated heterocycles. The van der Waals surface area contributed by atoms with Crippen LogP contribution in [-0.2, 0) is 14.8 Å². The molecule has 0 saturated carbocycles. The summed E-state index contributed by atoms with van der Waals surface area (Å²) >= 11 is 0.620. The number of rotatable bonds is 3. The van der Waals surface area contributed by atoms with Crippen molar-refractivity contribution in [2.75, 3.05) is 13.1 Å². The Labute approximate surface area is 116 Å². The first kappa shape index (κ1) is 15.3. The van der Waals surface area contributed by atoms with Crippen molar-refractivity contribution in [1.82, 2.24) is 4.31 Å². The highest BCUT2D eigenvalue weighted by atomic mass is 32.2. The third-order valence-electron chi connectivity index (χ3n) is 3.05. The van der Waals surface area contributed by atoms with E-state index in [2.05, 4.69) is 0 Å². The van der Waals surface area contributed by atoms with Crippen molar-refractivity contribution in [3.05, 3.63) is 17.3 Å². The van der Waals surface area contributed by atoms with Gasteiger partial charge < -0.3 is 5.11 Å². The van der Waals surface area contributed by atoms with Gasteiger partial charge in [-0.1, -0.05) is 0 Å². The number of nitrogens with zero attached hydrogens (tertiary/aromatic N) is 1. The molecule has 5 nitrogen and oxygen atoms in total. The molecular formula is C10H10F3NO4S2. The lowest BCUT2D eigenvalue weighted by atomic mass is 9.95. The standard InChI is InChI=1S/C10H10F3NO4S2/c11-7-1-4-19-9(7)20(17,18)14-3-2-10(12,13)6(5-14)8(15)16/h1,4,6H,2-3,5H2,(H,15,16). The van der Waals surface area contributed by atoms with Crippen LogP contribution in [0.15, 0.2) is 15.7 Å². The van der Waals surface area contributed by atoms with Gasteiger partial charge in [-0.3, -0.25) is 4.79 Å². The van der Waals surface area contributed by atoms with Crippen LogP contribution in [0.5, 0.6) is 0 Å². The lowest BCUT2D eigenvalue weighted by molar-refractivity contribution is -0.163. The summed E-state index contributed by atoms with van der Waals surface area (Å²) in [5.41, 5.74) is 0. The Morgan fingerprint density at radius 1 is 1.50 bits per heavy atom. The molecule has 0 aliphatic carbocycles. The van der Waals surface area contributed by atoms with Crippen molar-refractivity contribution in [3.63, 3.8) is 0 Å². The van der Waals surface area contributed by atoms with Crippen LogP contribution in [0.1, 0.15) is 6.42 Å². The van der Waals surface area contributed by atoms with Gasteiger partial charge >= 0.3 is 5.97 Å². The molecule has 1 N–H and O–H groups in total. The molecule has 0 aromatic carbocycles. The van der Waals surface area contributed by atoms with Crippen molar-refractivity contribution in [2.45, 2.75) is 16.6 Å². The van der Waals surface area contributed by atoms with Gasteiger partial charge in [0.1, 0.15) is 5.92 Å². The Hall–Kier alpha value is -1.13. The van der Waals surface area contributed by atoms with Crippen LogP contribution in [-0.4, -0.2) is 42.8 Å². The Bertz CT molecular complexity index is 628. The Balaban J connectivity index is 2.32. The smallest absolute Gasteiger partial charge is 0.313 e. The summed E-state index contributed by atoms with van der Waals surface area (Å²) in [7, 11) is -4.29. The first-order chi connectivity index (χ1) is 9.16. The summed E-state index contributed by atoms with van der Waals surface area (Å²) < 4.78 is 64.4.